The fourth-order valence-corrected chi connectivity index (χ4v) is 4.90. The molecule has 1 aliphatic heterocycles. The van der Waals surface area contributed by atoms with Crippen LogP contribution in [0.2, 0.25) is 0 Å². The number of nitrogens with zero attached hydrogens (tertiary/aromatic N) is 5. The predicted octanol–water partition coefficient (Wildman–Crippen LogP) is 3.94. The molecule has 1 fully saturated rings. The van der Waals surface area contributed by atoms with Gasteiger partial charge in [0.2, 0.25) is 5.91 Å². The van der Waals surface area contributed by atoms with Crippen LogP contribution in [0.25, 0.3) is 0 Å². The molecular formula is C24H27N5O3S. The molecular weight excluding hydrogens is 438 g/mol. The summed E-state index contributed by atoms with van der Waals surface area (Å²) >= 11 is 1.58. The number of aryl methyl sites for hydroxylation is 2. The van der Waals surface area contributed by atoms with Crippen LogP contribution < -0.4 is 0 Å². The van der Waals surface area contributed by atoms with E-state index in [1.807, 2.05) is 36.3 Å². The predicted molar refractivity (Wildman–Crippen MR) is 126 cm³/mol. The third-order valence-corrected chi connectivity index (χ3v) is 6.76. The first-order valence-electron chi connectivity index (χ1n) is 11.0. The minimum atomic E-state index is -0.497. The molecule has 1 aliphatic rings. The zero-order valence-corrected chi connectivity index (χ0v) is 19.8. The van der Waals surface area contributed by atoms with Crippen molar-refractivity contribution in [2.24, 2.45) is 5.16 Å². The number of likely N-dealkylation sites (tertiary alicyclic amines) is 1. The number of hydrogen-bond acceptors (Lipinski definition) is 7. The summed E-state index contributed by atoms with van der Waals surface area (Å²) in [6, 6.07) is 10.7. The van der Waals surface area contributed by atoms with E-state index in [0.717, 1.165) is 29.2 Å². The van der Waals surface area contributed by atoms with Crippen LogP contribution in [0.4, 0.5) is 0 Å². The maximum absolute atomic E-state index is 12.7. The van der Waals surface area contributed by atoms with Crippen molar-refractivity contribution in [3.05, 3.63) is 69.4 Å². The zero-order valence-electron chi connectivity index (χ0n) is 19.0. The second-order valence-electron chi connectivity index (χ2n) is 8.23. The van der Waals surface area contributed by atoms with E-state index in [2.05, 4.69) is 10.3 Å². The molecule has 0 spiro atoms. The number of hydrogen-bond donors (Lipinski definition) is 0. The fourth-order valence-electron chi connectivity index (χ4n) is 3.86. The monoisotopic (exact) mass is 465 g/mol. The van der Waals surface area contributed by atoms with Crippen LogP contribution in [0.5, 0.6) is 0 Å². The molecule has 8 nitrogen and oxygen atoms in total. The number of benzene rings is 1. The quantitative estimate of drug-likeness (QED) is 0.312. The summed E-state index contributed by atoms with van der Waals surface area (Å²) in [5.41, 5.74) is 3.63. The second kappa shape index (κ2) is 10.1. The lowest BCUT2D eigenvalue weighted by Crippen LogP contribution is -2.40. The van der Waals surface area contributed by atoms with Crippen molar-refractivity contribution in [3.8, 4) is 0 Å². The summed E-state index contributed by atoms with van der Waals surface area (Å²) in [4.78, 5) is 36.4. The Morgan fingerprint density at radius 3 is 2.58 bits per heavy atom. The van der Waals surface area contributed by atoms with Gasteiger partial charge in [-0.2, -0.15) is 5.10 Å². The number of amides is 1. The molecule has 172 valence electrons. The van der Waals surface area contributed by atoms with Gasteiger partial charge >= 0.3 is 5.97 Å². The van der Waals surface area contributed by atoms with Gasteiger partial charge in [-0.3, -0.25) is 9.48 Å². The van der Waals surface area contributed by atoms with Gasteiger partial charge in [-0.15, -0.1) is 11.3 Å². The maximum Gasteiger partial charge on any atom is 0.365 e. The molecule has 33 heavy (non-hydrogen) atoms. The van der Waals surface area contributed by atoms with E-state index in [-0.39, 0.29) is 12.5 Å². The summed E-state index contributed by atoms with van der Waals surface area (Å²) in [6.45, 7) is 7.37. The van der Waals surface area contributed by atoms with Gasteiger partial charge < -0.3 is 9.74 Å². The van der Waals surface area contributed by atoms with E-state index in [1.165, 1.54) is 0 Å². The second-order valence-corrected chi connectivity index (χ2v) is 9.12. The molecule has 3 heterocycles. The first-order valence-corrected chi connectivity index (χ1v) is 11.8. The minimum absolute atomic E-state index is 0.0997. The molecule has 0 aliphatic carbocycles. The first kappa shape index (κ1) is 22.8. The van der Waals surface area contributed by atoms with E-state index in [1.54, 1.807) is 47.2 Å². The van der Waals surface area contributed by atoms with Crippen molar-refractivity contribution in [2.75, 3.05) is 13.1 Å². The van der Waals surface area contributed by atoms with E-state index in [0.29, 0.717) is 36.0 Å². The molecule has 1 aromatic carbocycles. The standard InChI is InChI=1S/C24H27N5O3S/c1-16-13-17(2)29(26-16)14-22(30)28-11-9-19(10-12-28)23-25-21(15-33-23)18(3)27-32-24(31)20-7-5-4-6-8-20/h4-8,13,15,19H,9-12,14H2,1-3H3. The highest BCUT2D eigenvalue weighted by Gasteiger charge is 2.26. The van der Waals surface area contributed by atoms with Crippen LogP contribution in [-0.2, 0) is 16.2 Å². The molecule has 1 amide bonds. The molecule has 0 bridgehead atoms. The number of oxime groups is 1. The van der Waals surface area contributed by atoms with Crippen molar-refractivity contribution >= 4 is 28.9 Å². The van der Waals surface area contributed by atoms with E-state index in [9.17, 15) is 9.59 Å². The Balaban J connectivity index is 1.30. The first-order chi connectivity index (χ1) is 15.9. The van der Waals surface area contributed by atoms with Crippen LogP contribution in [-0.4, -0.2) is 50.3 Å². The Labute approximate surface area is 196 Å². The molecule has 2 aromatic heterocycles. The van der Waals surface area contributed by atoms with Gasteiger partial charge in [-0.25, -0.2) is 9.78 Å². The van der Waals surface area contributed by atoms with Gasteiger partial charge in [0, 0.05) is 30.1 Å². The van der Waals surface area contributed by atoms with Crippen LogP contribution in [0, 0.1) is 13.8 Å². The van der Waals surface area contributed by atoms with Crippen LogP contribution in [0.1, 0.15) is 58.1 Å². The highest BCUT2D eigenvalue weighted by molar-refractivity contribution is 7.09. The van der Waals surface area contributed by atoms with Crippen molar-refractivity contribution in [3.63, 3.8) is 0 Å². The maximum atomic E-state index is 12.7. The number of carbonyl (C=O) groups excluding carboxylic acids is 2. The van der Waals surface area contributed by atoms with E-state index < -0.39 is 5.97 Å². The highest BCUT2D eigenvalue weighted by Crippen LogP contribution is 2.30. The van der Waals surface area contributed by atoms with Gasteiger partial charge in [0.15, 0.2) is 0 Å². The lowest BCUT2D eigenvalue weighted by atomic mass is 9.97. The average molecular weight is 466 g/mol. The molecule has 0 saturated carbocycles. The number of piperidine rings is 1. The van der Waals surface area contributed by atoms with Crippen molar-refractivity contribution in [2.45, 2.75) is 46.1 Å². The molecule has 4 rings (SSSR count). The fraction of sp³-hybridized carbons (Fsp3) is 0.375. The van der Waals surface area contributed by atoms with Crippen molar-refractivity contribution in [1.29, 1.82) is 0 Å². The van der Waals surface area contributed by atoms with E-state index >= 15 is 0 Å². The van der Waals surface area contributed by atoms with Crippen molar-refractivity contribution in [1.82, 2.24) is 19.7 Å². The Kier molecular flexibility index (Phi) is 6.98. The average Bonchev–Trinajstić information content (AvgIpc) is 3.44. The molecule has 3 aromatic rings. The highest BCUT2D eigenvalue weighted by atomic mass is 32.1. The van der Waals surface area contributed by atoms with Crippen LogP contribution >= 0.6 is 11.3 Å². The normalized spacial score (nSPS) is 15.0. The minimum Gasteiger partial charge on any atom is -0.341 e. The summed E-state index contributed by atoms with van der Waals surface area (Å²) in [7, 11) is 0. The zero-order chi connectivity index (χ0) is 23.4. The molecule has 0 N–H and O–H groups in total. The Hall–Kier alpha value is -3.33. The van der Waals surface area contributed by atoms with Gasteiger partial charge in [0.25, 0.3) is 0 Å². The van der Waals surface area contributed by atoms with Crippen LogP contribution in [0.3, 0.4) is 0 Å². The van der Waals surface area contributed by atoms with Gasteiger partial charge in [-0.1, -0.05) is 23.4 Å². The Bertz CT molecular complexity index is 1160. The Morgan fingerprint density at radius 1 is 1.18 bits per heavy atom. The number of carbonyl (C=O) groups is 2. The smallest absolute Gasteiger partial charge is 0.341 e. The lowest BCUT2D eigenvalue weighted by molar-refractivity contribution is -0.133. The lowest BCUT2D eigenvalue weighted by Gasteiger charge is -2.31. The molecule has 0 radical (unpaired) electrons. The SMILES string of the molecule is CC(=NOC(=O)c1ccccc1)c1csc(C2CCN(C(=O)Cn3nc(C)cc3C)CC2)n1. The molecule has 0 unspecified atom stereocenters. The topological polar surface area (TPSA) is 89.7 Å². The molecule has 0 atom stereocenters. The number of thiazole rings is 1. The summed E-state index contributed by atoms with van der Waals surface area (Å²) in [5.74, 6) is -0.0910. The Morgan fingerprint density at radius 2 is 1.91 bits per heavy atom. The van der Waals surface area contributed by atoms with Gasteiger partial charge in [0.05, 0.1) is 22.0 Å². The summed E-state index contributed by atoms with van der Waals surface area (Å²) < 4.78 is 1.77. The van der Waals surface area contributed by atoms with Crippen molar-refractivity contribution < 1.29 is 14.4 Å². The largest absolute Gasteiger partial charge is 0.365 e. The molecule has 9 heteroatoms. The summed E-state index contributed by atoms with van der Waals surface area (Å²) in [6.07, 6.45) is 1.74. The summed E-state index contributed by atoms with van der Waals surface area (Å²) in [5, 5.41) is 11.3. The van der Waals surface area contributed by atoms with Gasteiger partial charge in [0.1, 0.15) is 12.3 Å². The van der Waals surface area contributed by atoms with E-state index in [4.69, 9.17) is 9.82 Å². The number of rotatable bonds is 6. The number of aromatic nitrogens is 3. The molecule has 1 saturated heterocycles. The third kappa shape index (κ3) is 5.54. The van der Waals surface area contributed by atoms with Crippen LogP contribution in [0.15, 0.2) is 46.9 Å². The van der Waals surface area contributed by atoms with Gasteiger partial charge in [-0.05, 0) is 51.8 Å². The third-order valence-electron chi connectivity index (χ3n) is 5.75.